The Hall–Kier alpha value is -2.20. The van der Waals surface area contributed by atoms with Gasteiger partial charge >= 0.3 is 0 Å². The topological polar surface area (TPSA) is 53.4 Å². The van der Waals surface area contributed by atoms with Crippen molar-refractivity contribution in [3.63, 3.8) is 0 Å². The Morgan fingerprint density at radius 2 is 2.00 bits per heavy atom. The van der Waals surface area contributed by atoms with Gasteiger partial charge in [0, 0.05) is 18.4 Å². The first-order valence-corrected chi connectivity index (χ1v) is 8.07. The average Bonchev–Trinajstić information content (AvgIpc) is 3.41. The normalized spacial score (nSPS) is 15.2. The van der Waals surface area contributed by atoms with Gasteiger partial charge in [-0.05, 0) is 43.4 Å². The number of carbonyl (C=O) groups excluding carboxylic acids is 1. The van der Waals surface area contributed by atoms with Gasteiger partial charge in [0.05, 0.1) is 18.2 Å². The summed E-state index contributed by atoms with van der Waals surface area (Å²) in [5.74, 6) is 0.346. The number of aliphatic hydroxyl groups is 1. The standard InChI is InChI=1S/C19H22N2O2/c1-14-7-8-17(11-20-14)19(23)21(18(13-22)16-9-10-16)12-15-5-3-2-4-6-15/h2-8,11,16,18,22H,9-10,12-13H2,1H3. The lowest BCUT2D eigenvalue weighted by atomic mass is 10.1. The highest BCUT2D eigenvalue weighted by molar-refractivity contribution is 5.94. The second-order valence-corrected chi connectivity index (χ2v) is 6.19. The maximum atomic E-state index is 13.0. The van der Waals surface area contributed by atoms with E-state index in [9.17, 15) is 9.90 Å². The summed E-state index contributed by atoms with van der Waals surface area (Å²) in [6, 6.07) is 13.5. The highest BCUT2D eigenvalue weighted by Crippen LogP contribution is 2.36. The van der Waals surface area contributed by atoms with Crippen LogP contribution in [0, 0.1) is 12.8 Å². The highest BCUT2D eigenvalue weighted by atomic mass is 16.3. The van der Waals surface area contributed by atoms with Crippen molar-refractivity contribution >= 4 is 5.91 Å². The molecular weight excluding hydrogens is 288 g/mol. The fourth-order valence-electron chi connectivity index (χ4n) is 2.86. The second kappa shape index (κ2) is 6.92. The molecule has 1 amide bonds. The molecule has 0 saturated heterocycles. The van der Waals surface area contributed by atoms with Crippen LogP contribution in [0.3, 0.4) is 0 Å². The molecule has 1 heterocycles. The van der Waals surface area contributed by atoms with Gasteiger partial charge in [-0.25, -0.2) is 0 Å². The predicted octanol–water partition coefficient (Wildman–Crippen LogP) is 2.80. The number of hydrogen-bond donors (Lipinski definition) is 1. The van der Waals surface area contributed by atoms with Crippen LogP contribution in [0.1, 0.15) is 34.5 Å². The van der Waals surface area contributed by atoms with Crippen molar-refractivity contribution in [3.8, 4) is 0 Å². The summed E-state index contributed by atoms with van der Waals surface area (Å²) in [5.41, 5.74) is 2.53. The first-order chi connectivity index (χ1) is 11.2. The number of hydrogen-bond acceptors (Lipinski definition) is 3. The highest BCUT2D eigenvalue weighted by Gasteiger charge is 2.37. The lowest BCUT2D eigenvalue weighted by molar-refractivity contribution is 0.0530. The van der Waals surface area contributed by atoms with Gasteiger partial charge in [0.1, 0.15) is 0 Å². The molecule has 4 heteroatoms. The number of nitrogens with zero attached hydrogens (tertiary/aromatic N) is 2. The SMILES string of the molecule is Cc1ccc(C(=O)N(Cc2ccccc2)C(CO)C2CC2)cn1. The van der Waals surface area contributed by atoms with Crippen LogP contribution in [0.25, 0.3) is 0 Å². The average molecular weight is 310 g/mol. The number of aromatic nitrogens is 1. The number of aliphatic hydroxyl groups excluding tert-OH is 1. The molecule has 0 spiro atoms. The van der Waals surface area contributed by atoms with E-state index in [0.717, 1.165) is 24.1 Å². The van der Waals surface area contributed by atoms with Crippen molar-refractivity contribution in [2.24, 2.45) is 5.92 Å². The number of aryl methyl sites for hydroxylation is 1. The number of amides is 1. The minimum absolute atomic E-state index is 0.00251. The Bertz CT molecular complexity index is 651. The van der Waals surface area contributed by atoms with Gasteiger partial charge in [0.2, 0.25) is 0 Å². The Labute approximate surface area is 136 Å². The summed E-state index contributed by atoms with van der Waals surface area (Å²) >= 11 is 0. The number of carbonyl (C=O) groups is 1. The molecule has 1 saturated carbocycles. The Kier molecular flexibility index (Phi) is 4.72. The zero-order chi connectivity index (χ0) is 16.2. The predicted molar refractivity (Wildman–Crippen MR) is 88.9 cm³/mol. The molecule has 1 unspecified atom stereocenters. The molecule has 1 N–H and O–H groups in total. The summed E-state index contributed by atoms with van der Waals surface area (Å²) in [4.78, 5) is 19.0. The smallest absolute Gasteiger partial charge is 0.256 e. The lowest BCUT2D eigenvalue weighted by Crippen LogP contribution is -2.43. The van der Waals surface area contributed by atoms with E-state index in [-0.39, 0.29) is 18.6 Å². The minimum atomic E-state index is -0.121. The largest absolute Gasteiger partial charge is 0.394 e. The van der Waals surface area contributed by atoms with E-state index >= 15 is 0 Å². The fourth-order valence-corrected chi connectivity index (χ4v) is 2.86. The van der Waals surface area contributed by atoms with Gasteiger partial charge in [-0.3, -0.25) is 9.78 Å². The van der Waals surface area contributed by atoms with Crippen LogP contribution < -0.4 is 0 Å². The monoisotopic (exact) mass is 310 g/mol. The Morgan fingerprint density at radius 3 is 2.57 bits per heavy atom. The zero-order valence-corrected chi connectivity index (χ0v) is 13.4. The Balaban J connectivity index is 1.87. The van der Waals surface area contributed by atoms with E-state index in [4.69, 9.17) is 0 Å². The second-order valence-electron chi connectivity index (χ2n) is 6.19. The molecule has 1 aromatic heterocycles. The molecule has 1 aliphatic rings. The fraction of sp³-hybridized carbons (Fsp3) is 0.368. The van der Waals surface area contributed by atoms with Crippen LogP contribution in [0.15, 0.2) is 48.7 Å². The van der Waals surface area contributed by atoms with Gasteiger partial charge < -0.3 is 10.0 Å². The van der Waals surface area contributed by atoms with Crippen LogP contribution in [0.2, 0.25) is 0 Å². The van der Waals surface area contributed by atoms with Gasteiger partial charge in [-0.1, -0.05) is 30.3 Å². The van der Waals surface area contributed by atoms with Crippen molar-refractivity contribution in [3.05, 3.63) is 65.5 Å². The third kappa shape index (κ3) is 3.77. The molecular formula is C19H22N2O2. The summed E-state index contributed by atoms with van der Waals surface area (Å²) in [6.07, 6.45) is 3.78. The summed E-state index contributed by atoms with van der Waals surface area (Å²) in [7, 11) is 0. The molecule has 3 rings (SSSR count). The van der Waals surface area contributed by atoms with Crippen molar-refractivity contribution in [1.29, 1.82) is 0 Å². The van der Waals surface area contributed by atoms with Crippen LogP contribution in [0.4, 0.5) is 0 Å². The van der Waals surface area contributed by atoms with Crippen LogP contribution in [-0.4, -0.2) is 33.5 Å². The van der Waals surface area contributed by atoms with Crippen molar-refractivity contribution in [2.45, 2.75) is 32.4 Å². The van der Waals surface area contributed by atoms with E-state index in [0.29, 0.717) is 18.0 Å². The van der Waals surface area contributed by atoms with Gasteiger partial charge in [-0.2, -0.15) is 0 Å². The van der Waals surface area contributed by atoms with Crippen LogP contribution in [0.5, 0.6) is 0 Å². The number of pyridine rings is 1. The third-order valence-corrected chi connectivity index (χ3v) is 4.37. The van der Waals surface area contributed by atoms with Gasteiger partial charge in [-0.15, -0.1) is 0 Å². The van der Waals surface area contributed by atoms with Crippen molar-refractivity contribution < 1.29 is 9.90 Å². The maximum absolute atomic E-state index is 13.0. The van der Waals surface area contributed by atoms with E-state index in [2.05, 4.69) is 4.98 Å². The molecule has 1 atom stereocenters. The molecule has 0 aliphatic heterocycles. The molecule has 2 aromatic rings. The van der Waals surface area contributed by atoms with E-state index in [1.807, 2.05) is 49.4 Å². The molecule has 0 bridgehead atoms. The minimum Gasteiger partial charge on any atom is -0.394 e. The summed E-state index contributed by atoms with van der Waals surface area (Å²) in [5, 5.41) is 9.82. The van der Waals surface area contributed by atoms with Crippen LogP contribution >= 0.6 is 0 Å². The Morgan fingerprint density at radius 1 is 1.26 bits per heavy atom. The van der Waals surface area contributed by atoms with Crippen LogP contribution in [-0.2, 0) is 6.54 Å². The number of rotatable bonds is 6. The van der Waals surface area contributed by atoms with E-state index in [1.165, 1.54) is 0 Å². The first-order valence-electron chi connectivity index (χ1n) is 8.07. The number of benzene rings is 1. The van der Waals surface area contributed by atoms with E-state index < -0.39 is 0 Å². The van der Waals surface area contributed by atoms with Gasteiger partial charge in [0.25, 0.3) is 5.91 Å². The van der Waals surface area contributed by atoms with E-state index in [1.54, 1.807) is 11.1 Å². The quantitative estimate of drug-likeness (QED) is 0.892. The zero-order valence-electron chi connectivity index (χ0n) is 13.4. The van der Waals surface area contributed by atoms with Crippen molar-refractivity contribution in [1.82, 2.24) is 9.88 Å². The van der Waals surface area contributed by atoms with Crippen molar-refractivity contribution in [2.75, 3.05) is 6.61 Å². The molecule has 23 heavy (non-hydrogen) atoms. The molecule has 1 fully saturated rings. The lowest BCUT2D eigenvalue weighted by Gasteiger charge is -2.31. The van der Waals surface area contributed by atoms with Gasteiger partial charge in [0.15, 0.2) is 0 Å². The third-order valence-electron chi connectivity index (χ3n) is 4.37. The summed E-state index contributed by atoms with van der Waals surface area (Å²) < 4.78 is 0. The molecule has 120 valence electrons. The maximum Gasteiger partial charge on any atom is 0.256 e. The molecule has 4 nitrogen and oxygen atoms in total. The summed E-state index contributed by atoms with van der Waals surface area (Å²) in [6.45, 7) is 2.41. The first kappa shape index (κ1) is 15.7. The molecule has 0 radical (unpaired) electrons. The molecule has 1 aromatic carbocycles. The molecule has 1 aliphatic carbocycles.